The maximum atomic E-state index is 2.48. The van der Waals surface area contributed by atoms with Crippen LogP contribution >= 0.6 is 0 Å². The zero-order valence-electron chi connectivity index (χ0n) is 84.3. The molecule has 15 rings (SSSR count). The molecule has 0 aromatic heterocycles. The second kappa shape index (κ2) is 46.5. The molecule has 7 aliphatic carbocycles. The molecule has 20 unspecified atom stereocenters. The van der Waals surface area contributed by atoms with Gasteiger partial charge >= 0.3 is 0 Å². The molecule has 0 radical (unpaired) electrons. The summed E-state index contributed by atoms with van der Waals surface area (Å²) in [5.41, 5.74) is 24.6. The van der Waals surface area contributed by atoms with Crippen LogP contribution in [0.15, 0.2) is 109 Å². The molecule has 8 aromatic carbocycles. The summed E-state index contributed by atoms with van der Waals surface area (Å²) in [4.78, 5) is 0. The van der Waals surface area contributed by atoms with Crippen molar-refractivity contribution in [3.63, 3.8) is 0 Å². The molecule has 7 aliphatic rings. The van der Waals surface area contributed by atoms with Gasteiger partial charge in [0.05, 0.1) is 0 Å². The van der Waals surface area contributed by atoms with Gasteiger partial charge in [0.1, 0.15) is 0 Å². The lowest BCUT2D eigenvalue weighted by Gasteiger charge is -2.45. The third-order valence-electron chi connectivity index (χ3n) is 34.8. The van der Waals surface area contributed by atoms with E-state index >= 15 is 0 Å². The average Bonchev–Trinajstić information content (AvgIpc) is 0.858. The highest BCUT2D eigenvalue weighted by atomic mass is 14.4. The minimum Gasteiger partial charge on any atom is -0.0651 e. The SMILES string of the molecule is CC1C(C)C(C)C1C.CC1CC(C)C(C)CC1C.CC1CCC(C2CCC(C)C(C)C2)CC1C.CC1CCC(CC2CCC(C)C(C)C2)CC1C.CCC1C(C)CC(C)C1C.Cc1cc(C)c(C)cc1C.Cc1cc2cc(C)c(C)cc2cc1C.Cc1cc2cc3cc(C)c(C)cc3cc2cc1C.Cc1ccc(-c2ccc(C)c(C)c2)cc1C. The lowest BCUT2D eigenvalue weighted by Crippen LogP contribution is -2.39. The first-order valence-electron chi connectivity index (χ1n) is 49.5. The molecule has 7 fully saturated rings. The number of benzene rings is 8. The molecule has 0 spiro atoms. The van der Waals surface area contributed by atoms with E-state index in [-0.39, 0.29) is 0 Å². The topological polar surface area (TPSA) is 0 Å². The van der Waals surface area contributed by atoms with Gasteiger partial charge in [-0.05, 0) is 462 Å². The fourth-order valence-electron chi connectivity index (χ4n) is 22.1. The fraction of sp³-hybridized carbons (Fsp3) is 0.647. The van der Waals surface area contributed by atoms with Gasteiger partial charge in [-0.3, -0.25) is 0 Å². The first-order chi connectivity index (χ1) is 55.9. The van der Waals surface area contributed by atoms with Crippen LogP contribution in [0.1, 0.15) is 337 Å². The lowest BCUT2D eigenvalue weighted by molar-refractivity contribution is 0.0302. The minimum absolute atomic E-state index is 0.964. The van der Waals surface area contributed by atoms with Crippen LogP contribution in [0.4, 0.5) is 0 Å². The molecule has 0 amide bonds. The molecular weight excluding hydrogens is 1430 g/mol. The third kappa shape index (κ3) is 28.8. The van der Waals surface area contributed by atoms with E-state index in [9.17, 15) is 0 Å². The Labute approximate surface area is 737 Å². The van der Waals surface area contributed by atoms with Crippen LogP contribution < -0.4 is 0 Å². The molecule has 7 saturated carbocycles. The van der Waals surface area contributed by atoms with E-state index in [4.69, 9.17) is 0 Å². The van der Waals surface area contributed by atoms with Crippen molar-refractivity contribution in [3.05, 3.63) is 198 Å². The largest absolute Gasteiger partial charge is 0.0651 e. The van der Waals surface area contributed by atoms with Crippen LogP contribution in [0.5, 0.6) is 0 Å². The van der Waals surface area contributed by atoms with Crippen molar-refractivity contribution in [3.8, 4) is 11.1 Å². The zero-order chi connectivity index (χ0) is 88.5. The summed E-state index contributed by atoms with van der Waals surface area (Å²) in [6, 6.07) is 40.7. The Balaban J connectivity index is 0.000000187. The summed E-state index contributed by atoms with van der Waals surface area (Å²) in [7, 11) is 0. The maximum absolute atomic E-state index is 2.48. The van der Waals surface area contributed by atoms with Gasteiger partial charge in [0.2, 0.25) is 0 Å². The average molecular weight is 1610 g/mol. The molecule has 0 N–H and O–H groups in total. The summed E-state index contributed by atoms with van der Waals surface area (Å²) < 4.78 is 0. The van der Waals surface area contributed by atoms with Crippen molar-refractivity contribution in [1.29, 1.82) is 0 Å². The fourth-order valence-corrected chi connectivity index (χ4v) is 22.1. The zero-order valence-corrected chi connectivity index (χ0v) is 84.3. The van der Waals surface area contributed by atoms with Gasteiger partial charge in [-0.25, -0.2) is 0 Å². The first-order valence-corrected chi connectivity index (χ1v) is 49.5. The van der Waals surface area contributed by atoms with Gasteiger partial charge in [0, 0.05) is 0 Å². The second-order valence-electron chi connectivity index (χ2n) is 43.8. The highest BCUT2D eigenvalue weighted by Crippen LogP contribution is 2.48. The van der Waals surface area contributed by atoms with Gasteiger partial charge in [-0.1, -0.05) is 280 Å². The Morgan fingerprint density at radius 2 is 0.420 bits per heavy atom. The normalized spacial score (nSPS) is 30.8. The van der Waals surface area contributed by atoms with Crippen molar-refractivity contribution in [2.45, 2.75) is 358 Å². The lowest BCUT2D eigenvalue weighted by atomic mass is 9.60. The molecular formula is C119H184. The minimum atomic E-state index is 0.964. The maximum Gasteiger partial charge on any atom is -0.0175 e. The van der Waals surface area contributed by atoms with E-state index in [1.807, 2.05) is 0 Å². The Bertz CT molecular complexity index is 4000. The van der Waals surface area contributed by atoms with Gasteiger partial charge < -0.3 is 0 Å². The molecule has 0 saturated heterocycles. The van der Waals surface area contributed by atoms with Crippen molar-refractivity contribution < 1.29 is 0 Å². The van der Waals surface area contributed by atoms with Crippen LogP contribution in [-0.2, 0) is 0 Å². The Morgan fingerprint density at radius 3 is 0.647 bits per heavy atom. The van der Waals surface area contributed by atoms with Crippen molar-refractivity contribution in [2.75, 3.05) is 0 Å². The predicted molar refractivity (Wildman–Crippen MR) is 535 cm³/mol. The number of hydrogen-bond acceptors (Lipinski definition) is 0. The number of hydrogen-bond donors (Lipinski definition) is 0. The highest BCUT2D eigenvalue weighted by molar-refractivity contribution is 5.99. The summed E-state index contributed by atoms with van der Waals surface area (Å²) in [5, 5.41) is 8.08. The van der Waals surface area contributed by atoms with E-state index in [1.54, 1.807) is 6.42 Å². The monoisotopic (exact) mass is 1610 g/mol. The molecule has 0 bridgehead atoms. The Morgan fingerprint density at radius 1 is 0.193 bits per heavy atom. The van der Waals surface area contributed by atoms with Gasteiger partial charge in [0.25, 0.3) is 0 Å². The molecule has 20 atom stereocenters. The highest BCUT2D eigenvalue weighted by Gasteiger charge is 2.39. The number of aryl methyl sites for hydroxylation is 16. The van der Waals surface area contributed by atoms with Crippen LogP contribution in [-0.4, -0.2) is 0 Å². The number of rotatable bonds is 5. The second-order valence-corrected chi connectivity index (χ2v) is 43.8. The van der Waals surface area contributed by atoms with Crippen molar-refractivity contribution in [1.82, 2.24) is 0 Å². The molecule has 660 valence electrons. The Kier molecular flexibility index (Phi) is 39.3. The standard InChI is InChI=1S/C18H18.C17H32.C16H30.C16H18.C14H16.C10H20.C10H14.C10H20.C8H16/c1-11-5-15-9-17-7-13(3)14(4)8-18(17)10-16(15)6-12(11)2;1-12-5-7-16(9-14(12)3)11-17-8-6-13(2)15(4)10-17;2*1-11-5-7-15(9-13(11)3)16-8-6-12(2)14(4)10-16;1-9-5-13-7-11(3)12(4)8-14(13)6-10(9)2;2*1-7-5-9(3)10(4)6-8(7)2;1-5-10-8(3)6-7(2)9(10)4;1-5-6(2)8(4)7(5)3/h5-10H,1-4H3;12-17H,5-11H2,1-4H3;11-16H,5-10H2,1-4H3;5-10H,1-4H3;5-8H,1-4H3;7-10H,5-6H2,1-4H3;5-6H,1-4H3;7-10H,5-6H2,1-4H3;5-8H,1-4H3. The van der Waals surface area contributed by atoms with Gasteiger partial charge in [-0.2, -0.15) is 0 Å². The van der Waals surface area contributed by atoms with Gasteiger partial charge in [-0.15, -0.1) is 0 Å². The summed E-state index contributed by atoms with van der Waals surface area (Å²) >= 11 is 0. The summed E-state index contributed by atoms with van der Waals surface area (Å²) in [6.45, 7) is 82.9. The molecule has 0 nitrogen and oxygen atoms in total. The molecule has 119 heavy (non-hydrogen) atoms. The van der Waals surface area contributed by atoms with Crippen LogP contribution in [0.3, 0.4) is 0 Å². The van der Waals surface area contributed by atoms with E-state index in [0.29, 0.717) is 0 Å². The molecule has 0 heterocycles. The molecule has 0 aliphatic heterocycles. The van der Waals surface area contributed by atoms with Crippen LogP contribution in [0.25, 0.3) is 43.4 Å². The number of fused-ring (bicyclic) bond motifs is 3. The summed E-state index contributed by atoms with van der Waals surface area (Å²) in [5.74, 6) is 23.8. The smallest absolute Gasteiger partial charge is 0.0175 e. The third-order valence-corrected chi connectivity index (χ3v) is 34.8. The van der Waals surface area contributed by atoms with E-state index < -0.39 is 0 Å². The van der Waals surface area contributed by atoms with Gasteiger partial charge in [0.15, 0.2) is 0 Å². The van der Waals surface area contributed by atoms with Crippen LogP contribution in [0, 0.1) is 253 Å². The van der Waals surface area contributed by atoms with Crippen molar-refractivity contribution in [2.24, 2.45) is 142 Å². The molecule has 8 aromatic rings. The summed E-state index contributed by atoms with van der Waals surface area (Å²) in [6.07, 6.45) is 25.4. The Hall–Kier alpha value is -5.46. The van der Waals surface area contributed by atoms with E-state index in [1.165, 1.54) is 235 Å². The quantitative estimate of drug-likeness (QED) is 0.151. The van der Waals surface area contributed by atoms with Crippen molar-refractivity contribution >= 4 is 32.3 Å². The predicted octanol–water partition coefficient (Wildman–Crippen LogP) is 36.7. The van der Waals surface area contributed by atoms with Crippen LogP contribution in [0.2, 0.25) is 0 Å². The molecule has 0 heteroatoms. The van der Waals surface area contributed by atoms with E-state index in [0.717, 1.165) is 142 Å². The van der Waals surface area contributed by atoms with E-state index in [2.05, 4.69) is 358 Å². The first kappa shape index (κ1) is 101.